The fraction of sp³-hybridized carbons (Fsp3) is 0.118. The van der Waals surface area contributed by atoms with Gasteiger partial charge in [0.05, 0.1) is 11.3 Å². The van der Waals surface area contributed by atoms with Crippen LogP contribution in [0.15, 0.2) is 48.8 Å². The number of esters is 1. The quantitative estimate of drug-likeness (QED) is 0.691. The predicted molar refractivity (Wildman–Crippen MR) is 94.3 cm³/mol. The number of carbonyl (C=O) groups excluding carboxylic acids is 2. The van der Waals surface area contributed by atoms with Crippen molar-refractivity contribution in [3.8, 4) is 5.69 Å². The Balaban J connectivity index is 1.56. The first kappa shape index (κ1) is 17.6. The van der Waals surface area contributed by atoms with E-state index in [1.54, 1.807) is 42.5 Å². The van der Waals surface area contributed by atoms with Crippen molar-refractivity contribution in [2.24, 2.45) is 0 Å². The number of nitrogens with zero attached hydrogens (tertiary/aromatic N) is 4. The summed E-state index contributed by atoms with van der Waals surface area (Å²) in [6.07, 6.45) is 1.44. The maximum Gasteiger partial charge on any atom is 0.338 e. The first-order valence-corrected chi connectivity index (χ1v) is 7.97. The van der Waals surface area contributed by atoms with Gasteiger partial charge in [-0.2, -0.15) is 0 Å². The number of ether oxygens (including phenoxy) is 1. The van der Waals surface area contributed by atoms with E-state index in [-0.39, 0.29) is 0 Å². The van der Waals surface area contributed by atoms with Crippen molar-refractivity contribution in [3.05, 3.63) is 64.9 Å². The van der Waals surface area contributed by atoms with E-state index in [2.05, 4.69) is 20.8 Å². The molecule has 1 aromatic heterocycles. The van der Waals surface area contributed by atoms with Gasteiger partial charge < -0.3 is 10.1 Å². The molecule has 9 heteroatoms. The Labute approximate surface area is 153 Å². The normalized spacial score (nSPS) is 10.4. The molecule has 0 bridgehead atoms. The summed E-state index contributed by atoms with van der Waals surface area (Å²) in [6.45, 7) is 1.43. The molecule has 1 amide bonds. The summed E-state index contributed by atoms with van der Waals surface area (Å²) < 4.78 is 6.49. The third-order valence-corrected chi connectivity index (χ3v) is 3.76. The highest BCUT2D eigenvalue weighted by Gasteiger charge is 2.12. The zero-order chi connectivity index (χ0) is 18.5. The van der Waals surface area contributed by atoms with Gasteiger partial charge in [-0.1, -0.05) is 17.7 Å². The number of aromatic nitrogens is 4. The molecule has 8 nitrogen and oxygen atoms in total. The third kappa shape index (κ3) is 4.22. The molecule has 132 valence electrons. The summed E-state index contributed by atoms with van der Waals surface area (Å²) in [5.74, 6) is -1.06. The van der Waals surface area contributed by atoms with Crippen LogP contribution in [0.2, 0.25) is 5.02 Å². The van der Waals surface area contributed by atoms with Crippen molar-refractivity contribution in [2.45, 2.75) is 6.92 Å². The highest BCUT2D eigenvalue weighted by molar-refractivity contribution is 6.31. The summed E-state index contributed by atoms with van der Waals surface area (Å²) in [5, 5.41) is 14.0. The molecule has 0 saturated carbocycles. The lowest BCUT2D eigenvalue weighted by molar-refractivity contribution is -0.119. The number of hydrogen-bond donors (Lipinski definition) is 1. The van der Waals surface area contributed by atoms with E-state index in [4.69, 9.17) is 16.3 Å². The van der Waals surface area contributed by atoms with Crippen LogP contribution in [0.4, 0.5) is 5.69 Å². The molecule has 1 heterocycles. The van der Waals surface area contributed by atoms with E-state index in [0.29, 0.717) is 22.0 Å². The van der Waals surface area contributed by atoms with Gasteiger partial charge in [-0.05, 0) is 59.3 Å². The Morgan fingerprint density at radius 3 is 2.65 bits per heavy atom. The number of anilines is 1. The average molecular weight is 372 g/mol. The molecule has 0 unspecified atom stereocenters. The van der Waals surface area contributed by atoms with Gasteiger partial charge in [-0.25, -0.2) is 9.48 Å². The second-order valence-electron chi connectivity index (χ2n) is 5.38. The predicted octanol–water partition coefficient (Wildman–Crippen LogP) is 2.42. The van der Waals surface area contributed by atoms with Crippen LogP contribution in [0.25, 0.3) is 5.69 Å². The van der Waals surface area contributed by atoms with Crippen molar-refractivity contribution in [1.29, 1.82) is 0 Å². The van der Waals surface area contributed by atoms with Crippen LogP contribution >= 0.6 is 11.6 Å². The molecule has 0 aliphatic carbocycles. The molecule has 2 aromatic carbocycles. The zero-order valence-electron chi connectivity index (χ0n) is 13.7. The summed E-state index contributed by atoms with van der Waals surface area (Å²) in [4.78, 5) is 24.0. The molecule has 0 saturated heterocycles. The molecule has 3 aromatic rings. The number of hydrogen-bond acceptors (Lipinski definition) is 6. The van der Waals surface area contributed by atoms with E-state index in [1.165, 1.54) is 11.0 Å². The molecule has 0 fully saturated rings. The van der Waals surface area contributed by atoms with Gasteiger partial charge in [-0.15, -0.1) is 5.10 Å². The van der Waals surface area contributed by atoms with Gasteiger partial charge in [0, 0.05) is 10.7 Å². The van der Waals surface area contributed by atoms with Gasteiger partial charge in [0.1, 0.15) is 6.33 Å². The van der Waals surface area contributed by atoms with Crippen molar-refractivity contribution in [2.75, 3.05) is 11.9 Å². The molecule has 0 aliphatic heterocycles. The molecule has 0 radical (unpaired) electrons. The fourth-order valence-electron chi connectivity index (χ4n) is 2.16. The summed E-state index contributed by atoms with van der Waals surface area (Å²) >= 11 is 5.91. The van der Waals surface area contributed by atoms with Gasteiger partial charge in [0.2, 0.25) is 0 Å². The standard InChI is InChI=1S/C17H14ClN5O3/c1-11-2-5-13(18)8-15(11)20-16(24)9-26-17(25)12-3-6-14(7-4-12)23-10-19-21-22-23/h2-8,10H,9H2,1H3,(H,20,24). The monoisotopic (exact) mass is 371 g/mol. The molecule has 3 rings (SSSR count). The number of nitrogens with one attached hydrogen (secondary N) is 1. The molecular formula is C17H14ClN5O3. The second kappa shape index (κ2) is 7.75. The fourth-order valence-corrected chi connectivity index (χ4v) is 2.33. The number of benzene rings is 2. The first-order valence-electron chi connectivity index (χ1n) is 7.59. The summed E-state index contributed by atoms with van der Waals surface area (Å²) in [5.41, 5.74) is 2.44. The Bertz CT molecular complexity index is 926. The summed E-state index contributed by atoms with van der Waals surface area (Å²) in [7, 11) is 0. The second-order valence-corrected chi connectivity index (χ2v) is 5.82. The van der Waals surface area contributed by atoms with Crippen molar-refractivity contribution in [3.63, 3.8) is 0 Å². The SMILES string of the molecule is Cc1ccc(Cl)cc1NC(=O)COC(=O)c1ccc(-n2cnnn2)cc1. The maximum absolute atomic E-state index is 12.0. The number of tetrazole rings is 1. The van der Waals surface area contributed by atoms with Gasteiger partial charge in [-0.3, -0.25) is 4.79 Å². The number of carbonyl (C=O) groups is 2. The van der Waals surface area contributed by atoms with E-state index in [0.717, 1.165) is 5.56 Å². The van der Waals surface area contributed by atoms with Gasteiger partial charge in [0.25, 0.3) is 5.91 Å². The van der Waals surface area contributed by atoms with Crippen LogP contribution in [0, 0.1) is 6.92 Å². The van der Waals surface area contributed by atoms with Gasteiger partial charge >= 0.3 is 5.97 Å². The molecular weight excluding hydrogens is 358 g/mol. The lowest BCUT2D eigenvalue weighted by Gasteiger charge is -2.09. The Morgan fingerprint density at radius 1 is 1.19 bits per heavy atom. The number of aryl methyl sites for hydroxylation is 1. The highest BCUT2D eigenvalue weighted by Crippen LogP contribution is 2.20. The molecule has 0 aliphatic rings. The Hall–Kier alpha value is -3.26. The highest BCUT2D eigenvalue weighted by atomic mass is 35.5. The third-order valence-electron chi connectivity index (χ3n) is 3.52. The van der Waals surface area contributed by atoms with Crippen LogP contribution in [-0.2, 0) is 9.53 Å². The average Bonchev–Trinajstić information content (AvgIpc) is 3.17. The largest absolute Gasteiger partial charge is 0.452 e. The van der Waals surface area contributed by atoms with Gasteiger partial charge in [0.15, 0.2) is 6.61 Å². The Morgan fingerprint density at radius 2 is 1.96 bits per heavy atom. The maximum atomic E-state index is 12.0. The molecule has 1 N–H and O–H groups in total. The van der Waals surface area contributed by atoms with E-state index >= 15 is 0 Å². The lowest BCUT2D eigenvalue weighted by atomic mass is 10.2. The van der Waals surface area contributed by atoms with Crippen molar-refractivity contribution < 1.29 is 14.3 Å². The minimum Gasteiger partial charge on any atom is -0.452 e. The van der Waals surface area contributed by atoms with Crippen LogP contribution < -0.4 is 5.32 Å². The van der Waals surface area contributed by atoms with E-state index in [9.17, 15) is 9.59 Å². The van der Waals surface area contributed by atoms with Crippen LogP contribution in [-0.4, -0.2) is 38.7 Å². The smallest absolute Gasteiger partial charge is 0.338 e. The molecule has 0 atom stereocenters. The van der Waals surface area contributed by atoms with Crippen molar-refractivity contribution in [1.82, 2.24) is 20.2 Å². The van der Waals surface area contributed by atoms with E-state index in [1.807, 2.05) is 6.92 Å². The topological polar surface area (TPSA) is 99.0 Å². The van der Waals surface area contributed by atoms with Crippen LogP contribution in [0.5, 0.6) is 0 Å². The first-order chi connectivity index (χ1) is 12.5. The number of rotatable bonds is 5. The Kier molecular flexibility index (Phi) is 5.23. The van der Waals surface area contributed by atoms with E-state index < -0.39 is 18.5 Å². The van der Waals surface area contributed by atoms with Crippen molar-refractivity contribution >= 4 is 29.2 Å². The zero-order valence-corrected chi connectivity index (χ0v) is 14.5. The molecule has 0 spiro atoms. The van der Waals surface area contributed by atoms with Crippen LogP contribution in [0.3, 0.4) is 0 Å². The lowest BCUT2D eigenvalue weighted by Crippen LogP contribution is -2.21. The summed E-state index contributed by atoms with van der Waals surface area (Å²) in [6, 6.07) is 11.6. The number of amides is 1. The molecule has 26 heavy (non-hydrogen) atoms. The minimum atomic E-state index is -0.605. The number of halogens is 1. The minimum absolute atomic E-state index is 0.313. The van der Waals surface area contributed by atoms with Crippen LogP contribution in [0.1, 0.15) is 15.9 Å².